The van der Waals surface area contributed by atoms with Gasteiger partial charge in [-0.05, 0) is 24.6 Å². The van der Waals surface area contributed by atoms with E-state index < -0.39 is 66.6 Å². The number of aryl methyl sites for hydroxylation is 1. The number of aldehydes is 1. The van der Waals surface area contributed by atoms with Gasteiger partial charge in [0.25, 0.3) is 5.56 Å². The number of esters is 4. The van der Waals surface area contributed by atoms with Crippen LogP contribution in [0.1, 0.15) is 43.6 Å². The van der Waals surface area contributed by atoms with Crippen molar-refractivity contribution in [1.29, 1.82) is 0 Å². The fraction of sp³-hybridized carbons (Fsp3) is 0.400. The van der Waals surface area contributed by atoms with Crippen LogP contribution in [0.25, 0.3) is 22.6 Å². The molecule has 1 N–H and O–H groups in total. The third-order valence-corrected chi connectivity index (χ3v) is 5.61. The van der Waals surface area contributed by atoms with Crippen LogP contribution in [0.15, 0.2) is 21.7 Å². The number of nitrogens with zero attached hydrogens (tertiary/aromatic N) is 3. The van der Waals surface area contributed by atoms with E-state index in [2.05, 4.69) is 9.97 Å². The first-order chi connectivity index (χ1) is 18.8. The van der Waals surface area contributed by atoms with Crippen LogP contribution >= 0.6 is 0 Å². The smallest absolute Gasteiger partial charge is 0.349 e. The van der Waals surface area contributed by atoms with Gasteiger partial charge in [-0.25, -0.2) is 9.78 Å². The Kier molecular flexibility index (Phi) is 9.08. The number of aromatic nitrogens is 4. The van der Waals surface area contributed by atoms with Crippen molar-refractivity contribution in [2.75, 3.05) is 6.61 Å². The molecule has 40 heavy (non-hydrogen) atoms. The summed E-state index contributed by atoms with van der Waals surface area (Å²) in [6, 6.07) is 2.97. The normalized spacial score (nSPS) is 13.2. The summed E-state index contributed by atoms with van der Waals surface area (Å²) in [6.45, 7) is 4.95. The first-order valence-electron chi connectivity index (χ1n) is 11.9. The number of nitrogens with one attached hydrogen (secondary N) is 1. The number of carbonyl (C=O) groups excluding carboxylic acids is 5. The van der Waals surface area contributed by atoms with Gasteiger partial charge in [-0.1, -0.05) is 0 Å². The van der Waals surface area contributed by atoms with Gasteiger partial charge in [-0.15, -0.1) is 0 Å². The molecule has 0 amide bonds. The van der Waals surface area contributed by atoms with Gasteiger partial charge in [0, 0.05) is 33.3 Å². The molecular formula is C25H26N4O11. The maximum absolute atomic E-state index is 12.6. The van der Waals surface area contributed by atoms with Crippen molar-refractivity contribution in [3.63, 3.8) is 0 Å². The standard InChI is InChI=1S/C25H26N4O11/c1-11-6-17-18(7-16(11)9-30)29(23-21(26-17)24(35)28-25(36)27-23)8-19(38-13(3)32)22(40-15(5)34)20(39-14(4)33)10-37-12(2)31/h6-7,9,19-20,22H,8,10H2,1-5H3,(H,28,35,36)/t19-,20+,22-/m0/s1. The van der Waals surface area contributed by atoms with Crippen LogP contribution in [0.4, 0.5) is 0 Å². The fourth-order valence-electron chi connectivity index (χ4n) is 4.07. The van der Waals surface area contributed by atoms with E-state index in [-0.39, 0.29) is 28.1 Å². The molecule has 0 saturated heterocycles. The molecule has 0 radical (unpaired) electrons. The summed E-state index contributed by atoms with van der Waals surface area (Å²) in [4.78, 5) is 94.4. The van der Waals surface area contributed by atoms with Gasteiger partial charge in [0.2, 0.25) is 0 Å². The van der Waals surface area contributed by atoms with Gasteiger partial charge in [-0.3, -0.25) is 33.8 Å². The molecule has 2 heterocycles. The summed E-state index contributed by atoms with van der Waals surface area (Å²) in [7, 11) is 0. The monoisotopic (exact) mass is 558 g/mol. The van der Waals surface area contributed by atoms with Crippen molar-refractivity contribution < 1.29 is 42.9 Å². The number of ether oxygens (including phenoxy) is 4. The Bertz CT molecular complexity index is 1580. The lowest BCUT2D eigenvalue weighted by Crippen LogP contribution is -2.49. The molecule has 1 aromatic carbocycles. The van der Waals surface area contributed by atoms with E-state index in [0.29, 0.717) is 11.8 Å². The molecule has 2 aliphatic heterocycles. The molecule has 15 heteroatoms. The number of fused-ring (bicyclic) bond motifs is 2. The van der Waals surface area contributed by atoms with Crippen LogP contribution in [-0.2, 0) is 44.7 Å². The van der Waals surface area contributed by atoms with Gasteiger partial charge in [-0.2, -0.15) is 4.98 Å². The number of aromatic amines is 1. The lowest BCUT2D eigenvalue weighted by molar-refractivity contribution is -0.190. The predicted octanol–water partition coefficient (Wildman–Crippen LogP) is 0.0637. The highest BCUT2D eigenvalue weighted by Crippen LogP contribution is 2.26. The van der Waals surface area contributed by atoms with E-state index >= 15 is 0 Å². The van der Waals surface area contributed by atoms with E-state index in [9.17, 15) is 33.6 Å². The topological polar surface area (TPSA) is 203 Å². The molecule has 0 unspecified atom stereocenters. The van der Waals surface area contributed by atoms with E-state index in [1.807, 2.05) is 4.98 Å². The second-order valence-corrected chi connectivity index (χ2v) is 8.75. The van der Waals surface area contributed by atoms with E-state index in [4.69, 9.17) is 18.9 Å². The summed E-state index contributed by atoms with van der Waals surface area (Å²) >= 11 is 0. The first-order valence-corrected chi connectivity index (χ1v) is 11.9. The number of rotatable bonds is 10. The summed E-state index contributed by atoms with van der Waals surface area (Å²) in [6.07, 6.45) is -3.85. The molecule has 0 aliphatic carbocycles. The Labute approximate surface area is 225 Å². The molecule has 0 aromatic heterocycles. The van der Waals surface area contributed by atoms with Crippen molar-refractivity contribution in [2.24, 2.45) is 0 Å². The minimum Gasteiger partial charge on any atom is -0.462 e. The highest BCUT2D eigenvalue weighted by molar-refractivity contribution is 5.88. The molecule has 0 saturated carbocycles. The quantitative estimate of drug-likeness (QED) is 0.152. The number of benzene rings is 1. The van der Waals surface area contributed by atoms with Crippen molar-refractivity contribution in [2.45, 2.75) is 59.5 Å². The maximum Gasteiger partial charge on any atom is 0.349 e. The Morgan fingerprint density at radius 1 is 0.925 bits per heavy atom. The first kappa shape index (κ1) is 29.6. The van der Waals surface area contributed by atoms with Gasteiger partial charge in [0.15, 0.2) is 29.8 Å². The van der Waals surface area contributed by atoms with Gasteiger partial charge >= 0.3 is 29.6 Å². The Balaban J connectivity index is 2.31. The number of H-pyrrole nitrogens is 1. The lowest BCUT2D eigenvalue weighted by Gasteiger charge is -2.32. The highest BCUT2D eigenvalue weighted by atomic mass is 16.6. The molecule has 3 rings (SSSR count). The molecule has 212 valence electrons. The summed E-state index contributed by atoms with van der Waals surface area (Å²) in [5.41, 5.74) is -0.866. The number of hydrogen-bond acceptors (Lipinski definition) is 13. The summed E-state index contributed by atoms with van der Waals surface area (Å²) in [5, 5.41) is 0. The van der Waals surface area contributed by atoms with Crippen LogP contribution < -0.4 is 11.2 Å². The van der Waals surface area contributed by atoms with Crippen LogP contribution in [0.2, 0.25) is 0 Å². The molecule has 15 nitrogen and oxygen atoms in total. The lowest BCUT2D eigenvalue weighted by atomic mass is 10.1. The molecule has 0 spiro atoms. The van der Waals surface area contributed by atoms with Crippen molar-refractivity contribution in [3.8, 4) is 11.5 Å². The number of carbonyl (C=O) groups is 5. The molecule has 3 atom stereocenters. The molecule has 2 aliphatic rings. The molecular weight excluding hydrogens is 532 g/mol. The zero-order valence-corrected chi connectivity index (χ0v) is 22.2. The average molecular weight is 559 g/mol. The van der Waals surface area contributed by atoms with Crippen LogP contribution in [0.3, 0.4) is 0 Å². The van der Waals surface area contributed by atoms with Crippen molar-refractivity contribution >= 4 is 41.2 Å². The van der Waals surface area contributed by atoms with Gasteiger partial charge in [0.05, 0.1) is 17.6 Å². The van der Waals surface area contributed by atoms with Crippen LogP contribution in [-0.4, -0.2) is 74.6 Å². The number of hydrogen-bond donors (Lipinski definition) is 1. The average Bonchev–Trinajstić information content (AvgIpc) is 2.84. The fourth-order valence-corrected chi connectivity index (χ4v) is 4.07. The van der Waals surface area contributed by atoms with Crippen LogP contribution in [0.5, 0.6) is 0 Å². The molecule has 0 bridgehead atoms. The largest absolute Gasteiger partial charge is 0.462 e. The summed E-state index contributed by atoms with van der Waals surface area (Å²) < 4.78 is 22.4. The second-order valence-electron chi connectivity index (χ2n) is 8.75. The predicted molar refractivity (Wildman–Crippen MR) is 134 cm³/mol. The third kappa shape index (κ3) is 6.92. The zero-order valence-electron chi connectivity index (χ0n) is 22.2. The third-order valence-electron chi connectivity index (χ3n) is 5.61. The van der Waals surface area contributed by atoms with Crippen molar-refractivity contribution in [3.05, 3.63) is 44.1 Å². The van der Waals surface area contributed by atoms with Crippen LogP contribution in [0, 0.1) is 6.92 Å². The Morgan fingerprint density at radius 3 is 2.12 bits per heavy atom. The van der Waals surface area contributed by atoms with E-state index in [0.717, 1.165) is 27.7 Å². The maximum atomic E-state index is 12.6. The SMILES string of the molecule is CC(=O)OC[C@@H](OC(C)=O)[C@@H](OC(C)=O)[C@H](Cn1c2nc(=O)[nH]c(=O)c-2nc2cc(C)c(C=O)cc21)OC(C)=O. The highest BCUT2D eigenvalue weighted by Gasteiger charge is 2.39. The Morgan fingerprint density at radius 2 is 1.55 bits per heavy atom. The van der Waals surface area contributed by atoms with E-state index in [1.165, 1.54) is 16.7 Å². The molecule has 0 fully saturated rings. The Hall–Kier alpha value is -4.95. The second kappa shape index (κ2) is 12.3. The molecule has 1 aromatic rings. The minimum atomic E-state index is -1.54. The van der Waals surface area contributed by atoms with Crippen molar-refractivity contribution in [1.82, 2.24) is 19.5 Å². The van der Waals surface area contributed by atoms with Gasteiger partial charge < -0.3 is 23.5 Å². The summed E-state index contributed by atoms with van der Waals surface area (Å²) in [5.74, 6) is -3.47. The van der Waals surface area contributed by atoms with E-state index in [1.54, 1.807) is 6.92 Å². The minimum absolute atomic E-state index is 0.209. The zero-order chi connectivity index (χ0) is 29.7. The van der Waals surface area contributed by atoms with Gasteiger partial charge in [0.1, 0.15) is 12.9 Å².